The summed E-state index contributed by atoms with van der Waals surface area (Å²) in [5.74, 6) is 0.834. The summed E-state index contributed by atoms with van der Waals surface area (Å²) in [4.78, 5) is 10.2. The van der Waals surface area contributed by atoms with Gasteiger partial charge in [0.25, 0.3) is 0 Å². The van der Waals surface area contributed by atoms with Crippen molar-refractivity contribution in [1.82, 2.24) is 9.97 Å². The molecule has 0 bridgehead atoms. The molecular formula is C12H13BrN4. The van der Waals surface area contributed by atoms with Crippen LogP contribution < -0.4 is 10.6 Å². The Morgan fingerprint density at radius 2 is 2.00 bits per heavy atom. The van der Waals surface area contributed by atoms with E-state index in [0.29, 0.717) is 6.54 Å². The van der Waals surface area contributed by atoms with Gasteiger partial charge in [-0.2, -0.15) is 0 Å². The number of nitrogens with two attached hydrogens (primary N) is 1. The van der Waals surface area contributed by atoms with Crippen molar-refractivity contribution in [2.24, 2.45) is 5.73 Å². The number of halogens is 1. The predicted molar refractivity (Wildman–Crippen MR) is 72.1 cm³/mol. The molecular weight excluding hydrogens is 280 g/mol. The molecule has 1 aromatic carbocycles. The highest BCUT2D eigenvalue weighted by atomic mass is 79.9. The number of benzene rings is 1. The van der Waals surface area contributed by atoms with Gasteiger partial charge in [-0.3, -0.25) is 0 Å². The highest BCUT2D eigenvalue weighted by molar-refractivity contribution is 9.10. The lowest BCUT2D eigenvalue weighted by atomic mass is 10.2. The van der Waals surface area contributed by atoms with E-state index in [4.69, 9.17) is 5.73 Å². The average molecular weight is 293 g/mol. The molecule has 2 aromatic rings. The van der Waals surface area contributed by atoms with Gasteiger partial charge < -0.3 is 10.6 Å². The second-order valence-corrected chi connectivity index (χ2v) is 4.48. The van der Waals surface area contributed by atoms with Crippen molar-refractivity contribution in [2.75, 3.05) is 11.9 Å². The number of hydrogen-bond donors (Lipinski definition) is 1. The molecule has 0 aliphatic carbocycles. The van der Waals surface area contributed by atoms with Gasteiger partial charge in [-0.15, -0.1) is 0 Å². The van der Waals surface area contributed by atoms with Crippen LogP contribution in [0, 0.1) is 0 Å². The maximum absolute atomic E-state index is 5.57. The smallest absolute Gasteiger partial charge is 0.150 e. The standard InChI is InChI=1S/C12H13BrN4/c1-17(12-11(13)7-15-8-16-12)10-4-2-9(6-14)3-5-10/h2-5,7-8H,6,14H2,1H3. The van der Waals surface area contributed by atoms with E-state index in [0.717, 1.165) is 21.5 Å². The summed E-state index contributed by atoms with van der Waals surface area (Å²) in [5.41, 5.74) is 7.74. The van der Waals surface area contributed by atoms with Gasteiger partial charge >= 0.3 is 0 Å². The van der Waals surface area contributed by atoms with Crippen LogP contribution in [0.25, 0.3) is 0 Å². The van der Waals surface area contributed by atoms with Gasteiger partial charge in [0, 0.05) is 25.5 Å². The van der Waals surface area contributed by atoms with Gasteiger partial charge in [-0.25, -0.2) is 9.97 Å². The summed E-state index contributed by atoms with van der Waals surface area (Å²) in [7, 11) is 1.96. The fraction of sp³-hybridized carbons (Fsp3) is 0.167. The third-order valence-corrected chi connectivity index (χ3v) is 3.08. The van der Waals surface area contributed by atoms with Crippen molar-refractivity contribution in [2.45, 2.75) is 6.54 Å². The second kappa shape index (κ2) is 5.25. The second-order valence-electron chi connectivity index (χ2n) is 3.62. The zero-order chi connectivity index (χ0) is 12.3. The van der Waals surface area contributed by atoms with Crippen LogP contribution in [0.1, 0.15) is 5.56 Å². The van der Waals surface area contributed by atoms with Gasteiger partial charge in [0.2, 0.25) is 0 Å². The third kappa shape index (κ3) is 2.62. The van der Waals surface area contributed by atoms with Crippen molar-refractivity contribution in [3.63, 3.8) is 0 Å². The van der Waals surface area contributed by atoms with Crippen molar-refractivity contribution in [3.8, 4) is 0 Å². The maximum atomic E-state index is 5.57. The summed E-state index contributed by atoms with van der Waals surface area (Å²) < 4.78 is 0.866. The fourth-order valence-corrected chi connectivity index (χ4v) is 2.02. The highest BCUT2D eigenvalue weighted by Gasteiger charge is 2.08. The average Bonchev–Trinajstić information content (AvgIpc) is 2.39. The van der Waals surface area contributed by atoms with Crippen LogP contribution in [-0.4, -0.2) is 17.0 Å². The Bertz CT molecular complexity index is 498. The molecule has 5 heteroatoms. The van der Waals surface area contributed by atoms with Crippen LogP contribution in [0.15, 0.2) is 41.3 Å². The molecule has 17 heavy (non-hydrogen) atoms. The number of rotatable bonds is 3. The molecule has 0 atom stereocenters. The van der Waals surface area contributed by atoms with E-state index in [1.54, 1.807) is 6.20 Å². The Morgan fingerprint density at radius 3 is 2.59 bits per heavy atom. The Morgan fingerprint density at radius 1 is 1.29 bits per heavy atom. The molecule has 0 spiro atoms. The van der Waals surface area contributed by atoms with E-state index in [1.807, 2.05) is 36.2 Å². The summed E-state index contributed by atoms with van der Waals surface area (Å²) in [5, 5.41) is 0. The minimum atomic E-state index is 0.557. The first-order valence-electron chi connectivity index (χ1n) is 5.20. The van der Waals surface area contributed by atoms with Crippen LogP contribution in [0.4, 0.5) is 11.5 Å². The first kappa shape index (κ1) is 12.0. The number of aromatic nitrogens is 2. The van der Waals surface area contributed by atoms with Crippen molar-refractivity contribution < 1.29 is 0 Å². The first-order chi connectivity index (χ1) is 8.22. The van der Waals surface area contributed by atoms with Crippen LogP contribution in [-0.2, 0) is 6.54 Å². The molecule has 88 valence electrons. The highest BCUT2D eigenvalue weighted by Crippen LogP contribution is 2.27. The number of anilines is 2. The van der Waals surface area contributed by atoms with E-state index >= 15 is 0 Å². The van der Waals surface area contributed by atoms with Crippen LogP contribution in [0.2, 0.25) is 0 Å². The monoisotopic (exact) mass is 292 g/mol. The summed E-state index contributed by atoms with van der Waals surface area (Å²) in [6.07, 6.45) is 3.26. The molecule has 1 aromatic heterocycles. The van der Waals surface area contributed by atoms with Gasteiger partial charge in [-0.1, -0.05) is 12.1 Å². The Kier molecular flexibility index (Phi) is 3.71. The molecule has 2 rings (SSSR count). The lowest BCUT2D eigenvalue weighted by Gasteiger charge is -2.19. The Hall–Kier alpha value is -1.46. The molecule has 1 heterocycles. The van der Waals surface area contributed by atoms with Gasteiger partial charge in [0.1, 0.15) is 6.33 Å². The van der Waals surface area contributed by atoms with E-state index in [2.05, 4.69) is 25.9 Å². The summed E-state index contributed by atoms with van der Waals surface area (Å²) >= 11 is 3.44. The fourth-order valence-electron chi connectivity index (χ4n) is 1.53. The van der Waals surface area contributed by atoms with Crippen LogP contribution in [0.3, 0.4) is 0 Å². The van der Waals surface area contributed by atoms with Crippen LogP contribution >= 0.6 is 15.9 Å². The Balaban J connectivity index is 2.30. The van der Waals surface area contributed by atoms with E-state index < -0.39 is 0 Å². The number of nitrogens with zero attached hydrogens (tertiary/aromatic N) is 3. The zero-order valence-electron chi connectivity index (χ0n) is 9.47. The topological polar surface area (TPSA) is 55.0 Å². The Labute approximate surface area is 109 Å². The molecule has 0 saturated heterocycles. The minimum Gasteiger partial charge on any atom is -0.328 e. The van der Waals surface area contributed by atoms with E-state index in [-0.39, 0.29) is 0 Å². The summed E-state index contributed by atoms with van der Waals surface area (Å²) in [6, 6.07) is 8.08. The molecule has 0 unspecified atom stereocenters. The molecule has 2 N–H and O–H groups in total. The normalized spacial score (nSPS) is 10.3. The number of hydrogen-bond acceptors (Lipinski definition) is 4. The van der Waals surface area contributed by atoms with E-state index in [1.165, 1.54) is 6.33 Å². The molecule has 0 amide bonds. The molecule has 0 saturated carbocycles. The lowest BCUT2D eigenvalue weighted by molar-refractivity contribution is 1.05. The van der Waals surface area contributed by atoms with Gasteiger partial charge in [-0.05, 0) is 33.6 Å². The lowest BCUT2D eigenvalue weighted by Crippen LogP contribution is -2.12. The van der Waals surface area contributed by atoms with Crippen molar-refractivity contribution in [3.05, 3.63) is 46.8 Å². The SMILES string of the molecule is CN(c1ccc(CN)cc1)c1ncncc1Br. The predicted octanol–water partition coefficient (Wildman–Crippen LogP) is 2.47. The molecule has 0 aliphatic rings. The maximum Gasteiger partial charge on any atom is 0.150 e. The minimum absolute atomic E-state index is 0.557. The van der Waals surface area contributed by atoms with Gasteiger partial charge in [0.15, 0.2) is 5.82 Å². The molecule has 0 fully saturated rings. The van der Waals surface area contributed by atoms with Crippen molar-refractivity contribution >= 4 is 27.4 Å². The molecule has 0 aliphatic heterocycles. The summed E-state index contributed by atoms with van der Waals surface area (Å²) in [6.45, 7) is 0.557. The zero-order valence-corrected chi connectivity index (χ0v) is 11.1. The van der Waals surface area contributed by atoms with Gasteiger partial charge in [0.05, 0.1) is 4.47 Å². The van der Waals surface area contributed by atoms with Crippen LogP contribution in [0.5, 0.6) is 0 Å². The molecule has 0 radical (unpaired) electrons. The first-order valence-corrected chi connectivity index (χ1v) is 6.00. The third-order valence-electron chi connectivity index (χ3n) is 2.53. The molecule has 4 nitrogen and oxygen atoms in total. The largest absolute Gasteiger partial charge is 0.328 e. The van der Waals surface area contributed by atoms with E-state index in [9.17, 15) is 0 Å². The van der Waals surface area contributed by atoms with Crippen molar-refractivity contribution in [1.29, 1.82) is 0 Å². The quantitative estimate of drug-likeness (QED) is 0.944.